The summed E-state index contributed by atoms with van der Waals surface area (Å²) in [5.41, 5.74) is -0.286. The standard InChI is InChI=1S/C15H16N2O4S/c1-2-21-15(20)13-12(14(18)19)16-10-17(13)8-9-22-11-6-4-3-5-7-11/h3-7,10H,2,8-9H2,1H3,(H,18,19). The number of imidazole rings is 1. The van der Waals surface area contributed by atoms with Gasteiger partial charge in [0.05, 0.1) is 12.9 Å². The molecule has 0 fully saturated rings. The van der Waals surface area contributed by atoms with Gasteiger partial charge in [-0.25, -0.2) is 14.6 Å². The number of carboxylic acids is 1. The maximum atomic E-state index is 11.9. The van der Waals surface area contributed by atoms with Crippen LogP contribution in [0.2, 0.25) is 0 Å². The molecule has 0 unspecified atom stereocenters. The third kappa shape index (κ3) is 3.88. The number of thioether (sulfide) groups is 1. The predicted molar refractivity (Wildman–Crippen MR) is 82.3 cm³/mol. The molecule has 0 aliphatic heterocycles. The Bertz CT molecular complexity index is 655. The molecule has 1 N–H and O–H groups in total. The fourth-order valence-electron chi connectivity index (χ4n) is 1.90. The van der Waals surface area contributed by atoms with Crippen molar-refractivity contribution in [2.45, 2.75) is 18.4 Å². The molecule has 0 bridgehead atoms. The summed E-state index contributed by atoms with van der Waals surface area (Å²) < 4.78 is 6.44. The van der Waals surface area contributed by atoms with E-state index in [4.69, 9.17) is 9.84 Å². The van der Waals surface area contributed by atoms with Gasteiger partial charge >= 0.3 is 11.9 Å². The van der Waals surface area contributed by atoms with Gasteiger partial charge in [0, 0.05) is 17.2 Å². The van der Waals surface area contributed by atoms with E-state index in [-0.39, 0.29) is 18.0 Å². The number of nitrogens with zero attached hydrogens (tertiary/aromatic N) is 2. The fraction of sp³-hybridized carbons (Fsp3) is 0.267. The Kier molecular flexibility index (Phi) is 5.60. The van der Waals surface area contributed by atoms with Crippen LogP contribution in [0.4, 0.5) is 0 Å². The molecule has 0 spiro atoms. The van der Waals surface area contributed by atoms with Crippen molar-refractivity contribution in [1.29, 1.82) is 0 Å². The Morgan fingerprint density at radius 3 is 2.68 bits per heavy atom. The number of benzene rings is 1. The molecule has 0 atom stereocenters. The molecule has 116 valence electrons. The number of esters is 1. The van der Waals surface area contributed by atoms with Crippen LogP contribution in [-0.4, -0.2) is 39.0 Å². The molecule has 1 aromatic heterocycles. The first-order chi connectivity index (χ1) is 10.6. The maximum absolute atomic E-state index is 11.9. The zero-order chi connectivity index (χ0) is 15.9. The van der Waals surface area contributed by atoms with Crippen molar-refractivity contribution in [3.63, 3.8) is 0 Å². The van der Waals surface area contributed by atoms with E-state index >= 15 is 0 Å². The highest BCUT2D eigenvalue weighted by Gasteiger charge is 2.24. The molecule has 7 heteroatoms. The average molecular weight is 320 g/mol. The van der Waals surface area contributed by atoms with Gasteiger partial charge in [-0.05, 0) is 19.1 Å². The van der Waals surface area contributed by atoms with Crippen LogP contribution in [0.3, 0.4) is 0 Å². The predicted octanol–water partition coefficient (Wildman–Crippen LogP) is 2.55. The van der Waals surface area contributed by atoms with E-state index in [1.165, 1.54) is 10.9 Å². The number of carbonyl (C=O) groups is 2. The first-order valence-electron chi connectivity index (χ1n) is 6.77. The molecule has 22 heavy (non-hydrogen) atoms. The number of carboxylic acid groups (broad SMARTS) is 1. The highest BCUT2D eigenvalue weighted by atomic mass is 32.2. The number of hydrogen-bond donors (Lipinski definition) is 1. The summed E-state index contributed by atoms with van der Waals surface area (Å²) in [7, 11) is 0. The summed E-state index contributed by atoms with van der Waals surface area (Å²) in [6.07, 6.45) is 1.36. The molecular weight excluding hydrogens is 304 g/mol. The van der Waals surface area contributed by atoms with E-state index in [1.807, 2.05) is 30.3 Å². The summed E-state index contributed by atoms with van der Waals surface area (Å²) in [5.74, 6) is -1.22. The van der Waals surface area contributed by atoms with Crippen LogP contribution in [0.15, 0.2) is 41.6 Å². The molecule has 0 amide bonds. The lowest BCUT2D eigenvalue weighted by molar-refractivity contribution is 0.0501. The van der Waals surface area contributed by atoms with Gasteiger partial charge in [-0.1, -0.05) is 18.2 Å². The van der Waals surface area contributed by atoms with Crippen LogP contribution in [0.1, 0.15) is 27.9 Å². The van der Waals surface area contributed by atoms with Crippen LogP contribution in [-0.2, 0) is 11.3 Å². The van der Waals surface area contributed by atoms with Crippen LogP contribution in [0, 0.1) is 0 Å². The zero-order valence-corrected chi connectivity index (χ0v) is 12.9. The molecule has 0 radical (unpaired) electrons. The zero-order valence-electron chi connectivity index (χ0n) is 12.1. The van der Waals surface area contributed by atoms with Gasteiger partial charge in [-0.3, -0.25) is 0 Å². The molecule has 0 saturated carbocycles. The largest absolute Gasteiger partial charge is 0.476 e. The topological polar surface area (TPSA) is 81.4 Å². The smallest absolute Gasteiger partial charge is 0.357 e. The first kappa shape index (κ1) is 16.1. The summed E-state index contributed by atoms with van der Waals surface area (Å²) in [4.78, 5) is 28.0. The summed E-state index contributed by atoms with van der Waals surface area (Å²) >= 11 is 1.62. The van der Waals surface area contributed by atoms with Crippen LogP contribution < -0.4 is 0 Å². The Hall–Kier alpha value is -2.28. The summed E-state index contributed by atoms with van der Waals surface area (Å²) in [6.45, 7) is 2.32. The summed E-state index contributed by atoms with van der Waals surface area (Å²) in [5, 5.41) is 9.11. The minimum Gasteiger partial charge on any atom is -0.476 e. The average Bonchev–Trinajstić information content (AvgIpc) is 2.93. The van der Waals surface area contributed by atoms with Crippen molar-refractivity contribution in [3.05, 3.63) is 48.0 Å². The monoisotopic (exact) mass is 320 g/mol. The van der Waals surface area contributed by atoms with Gasteiger partial charge in [-0.15, -0.1) is 11.8 Å². The molecule has 2 rings (SSSR count). The Labute approximate surface area is 132 Å². The van der Waals surface area contributed by atoms with Gasteiger partial charge in [0.25, 0.3) is 0 Å². The van der Waals surface area contributed by atoms with Gasteiger partial charge in [0.15, 0.2) is 11.4 Å². The second-order valence-electron chi connectivity index (χ2n) is 4.32. The first-order valence-corrected chi connectivity index (χ1v) is 7.75. The lowest BCUT2D eigenvalue weighted by Crippen LogP contribution is -2.16. The quantitative estimate of drug-likeness (QED) is 0.624. The Balaban J connectivity index is 2.10. The summed E-state index contributed by atoms with van der Waals surface area (Å²) in [6, 6.07) is 9.83. The molecule has 1 aromatic carbocycles. The number of aromatic carboxylic acids is 1. The fourth-order valence-corrected chi connectivity index (χ4v) is 2.77. The minimum absolute atomic E-state index is 0.0111. The number of aryl methyl sites for hydroxylation is 1. The highest BCUT2D eigenvalue weighted by molar-refractivity contribution is 7.99. The SMILES string of the molecule is CCOC(=O)c1c(C(=O)O)ncn1CCSc1ccccc1. The van der Waals surface area contributed by atoms with Crippen molar-refractivity contribution >= 4 is 23.7 Å². The normalized spacial score (nSPS) is 10.4. The molecule has 2 aromatic rings. The van der Waals surface area contributed by atoms with Crippen LogP contribution >= 0.6 is 11.8 Å². The van der Waals surface area contributed by atoms with E-state index in [2.05, 4.69) is 4.98 Å². The van der Waals surface area contributed by atoms with Crippen molar-refractivity contribution in [3.8, 4) is 0 Å². The third-order valence-corrected chi connectivity index (χ3v) is 3.85. The molecule has 0 aliphatic carbocycles. The van der Waals surface area contributed by atoms with Crippen molar-refractivity contribution < 1.29 is 19.4 Å². The van der Waals surface area contributed by atoms with Crippen LogP contribution in [0.25, 0.3) is 0 Å². The molecule has 1 heterocycles. The van der Waals surface area contributed by atoms with Gasteiger partial charge in [0.2, 0.25) is 0 Å². The molecule has 0 aliphatic rings. The molecule has 6 nitrogen and oxygen atoms in total. The second-order valence-corrected chi connectivity index (χ2v) is 5.49. The Morgan fingerprint density at radius 2 is 2.05 bits per heavy atom. The second kappa shape index (κ2) is 7.65. The van der Waals surface area contributed by atoms with E-state index < -0.39 is 11.9 Å². The molecular formula is C15H16N2O4S. The number of aromatic nitrogens is 2. The van der Waals surface area contributed by atoms with E-state index in [1.54, 1.807) is 18.7 Å². The number of carbonyl (C=O) groups excluding carboxylic acids is 1. The van der Waals surface area contributed by atoms with Crippen molar-refractivity contribution in [2.75, 3.05) is 12.4 Å². The number of rotatable bonds is 7. The van der Waals surface area contributed by atoms with Gasteiger partial charge in [0.1, 0.15) is 0 Å². The van der Waals surface area contributed by atoms with E-state index in [0.717, 1.165) is 4.90 Å². The van der Waals surface area contributed by atoms with Gasteiger partial charge < -0.3 is 14.4 Å². The lowest BCUT2D eigenvalue weighted by atomic mass is 10.3. The third-order valence-electron chi connectivity index (χ3n) is 2.85. The van der Waals surface area contributed by atoms with Crippen molar-refractivity contribution in [1.82, 2.24) is 9.55 Å². The highest BCUT2D eigenvalue weighted by Crippen LogP contribution is 2.18. The maximum Gasteiger partial charge on any atom is 0.357 e. The van der Waals surface area contributed by atoms with Gasteiger partial charge in [-0.2, -0.15) is 0 Å². The Morgan fingerprint density at radius 1 is 1.32 bits per heavy atom. The minimum atomic E-state index is -1.24. The van der Waals surface area contributed by atoms with E-state index in [9.17, 15) is 9.59 Å². The number of ether oxygens (including phenoxy) is 1. The van der Waals surface area contributed by atoms with Crippen LogP contribution in [0.5, 0.6) is 0 Å². The number of hydrogen-bond acceptors (Lipinski definition) is 5. The van der Waals surface area contributed by atoms with E-state index in [0.29, 0.717) is 12.3 Å². The lowest BCUT2D eigenvalue weighted by Gasteiger charge is -2.08. The van der Waals surface area contributed by atoms with Crippen molar-refractivity contribution in [2.24, 2.45) is 0 Å². The molecule has 0 saturated heterocycles.